The number of carbonyl (C=O) groups excluding carboxylic acids is 1. The molecule has 148 valence electrons. The number of aliphatic hydroxyl groups excluding tert-OH is 3. The van der Waals surface area contributed by atoms with Gasteiger partial charge in [0.1, 0.15) is 18.3 Å². The monoisotopic (exact) mass is 398 g/mol. The summed E-state index contributed by atoms with van der Waals surface area (Å²) in [5.41, 5.74) is -0.230. The number of carbonyl (C=O) groups is 1. The minimum atomic E-state index is -1.28. The van der Waals surface area contributed by atoms with Crippen LogP contribution in [0.4, 0.5) is 0 Å². The number of thioether (sulfide) groups is 1. The van der Waals surface area contributed by atoms with Gasteiger partial charge in [-0.25, -0.2) is 9.97 Å². The second-order valence-corrected chi connectivity index (χ2v) is 7.98. The first-order valence-corrected chi connectivity index (χ1v) is 9.53. The summed E-state index contributed by atoms with van der Waals surface area (Å²) in [5, 5.41) is 29.9. The van der Waals surface area contributed by atoms with Gasteiger partial charge in [0.2, 0.25) is 0 Å². The summed E-state index contributed by atoms with van der Waals surface area (Å²) in [7, 11) is 0. The molecule has 3 N–H and O–H groups in total. The quantitative estimate of drug-likeness (QED) is 0.369. The number of nitrogens with zero attached hydrogens (tertiary/aromatic N) is 4. The summed E-state index contributed by atoms with van der Waals surface area (Å²) >= 11 is 1.25. The Labute approximate surface area is 159 Å². The smallest absolute Gasteiger partial charge is 0.318 e. The highest BCUT2D eigenvalue weighted by atomic mass is 32.2. The van der Waals surface area contributed by atoms with Crippen molar-refractivity contribution in [3.05, 3.63) is 6.33 Å². The maximum absolute atomic E-state index is 12.3. The minimum absolute atomic E-state index is 0.00904. The van der Waals surface area contributed by atoms with E-state index in [1.54, 1.807) is 27.0 Å². The van der Waals surface area contributed by atoms with E-state index in [4.69, 9.17) is 9.47 Å². The van der Waals surface area contributed by atoms with Crippen LogP contribution in [-0.2, 0) is 9.53 Å². The Morgan fingerprint density at radius 2 is 2.04 bits per heavy atom. The topological polar surface area (TPSA) is 140 Å². The molecule has 1 saturated heterocycles. The summed E-state index contributed by atoms with van der Waals surface area (Å²) in [6.07, 6.45) is -1.34. The zero-order chi connectivity index (χ0) is 19.9. The van der Waals surface area contributed by atoms with Crippen molar-refractivity contribution in [2.45, 2.75) is 50.5 Å². The fourth-order valence-electron chi connectivity index (χ4n) is 2.57. The molecule has 0 bridgehead atoms. The lowest BCUT2D eigenvalue weighted by atomic mass is 9.97. The third-order valence-corrected chi connectivity index (χ3v) is 4.69. The molecule has 3 heterocycles. The molecule has 10 nitrogen and oxygen atoms in total. The molecule has 0 saturated carbocycles. The average molecular weight is 398 g/mol. The van der Waals surface area contributed by atoms with Crippen LogP contribution in [0.2, 0.25) is 0 Å². The van der Waals surface area contributed by atoms with Gasteiger partial charge in [0, 0.05) is 0 Å². The van der Waals surface area contributed by atoms with Gasteiger partial charge in [-0.05, 0) is 27.0 Å². The standard InChI is InChI=1S/C16H22N4O6S/c1-16(2,3)14(24)26-12-8-11(18-15(19-12)27-4)20(6-17-8)13-10(23)9(22)7(5-21)25-13/h6-7,9-10,13,21-23H,5H2,1-4H3/t7-,9-,10-,13-/m1/s1. The SMILES string of the molecule is CSc1nc(OC(=O)C(C)(C)C)c2ncn([C@@H]3O[C@H](CO)[C@@H](O)[C@H]3O)c2n1. The molecular weight excluding hydrogens is 376 g/mol. The van der Waals surface area contributed by atoms with Gasteiger partial charge in [-0.3, -0.25) is 9.36 Å². The number of rotatable bonds is 4. The first-order chi connectivity index (χ1) is 12.7. The molecule has 0 amide bonds. The van der Waals surface area contributed by atoms with Crippen LogP contribution in [0.1, 0.15) is 27.0 Å². The van der Waals surface area contributed by atoms with Crippen LogP contribution in [0.5, 0.6) is 5.88 Å². The van der Waals surface area contributed by atoms with E-state index in [1.807, 2.05) is 0 Å². The Hall–Kier alpha value is -1.79. The highest BCUT2D eigenvalue weighted by Crippen LogP contribution is 2.34. The molecule has 1 aliphatic rings. The summed E-state index contributed by atoms with van der Waals surface area (Å²) in [4.78, 5) is 25.1. The molecule has 0 aliphatic carbocycles. The third kappa shape index (κ3) is 3.65. The lowest BCUT2D eigenvalue weighted by molar-refractivity contribution is -0.143. The fraction of sp³-hybridized carbons (Fsp3) is 0.625. The van der Waals surface area contributed by atoms with Gasteiger partial charge in [0.25, 0.3) is 5.88 Å². The van der Waals surface area contributed by atoms with Crippen LogP contribution < -0.4 is 4.74 Å². The fourth-order valence-corrected chi connectivity index (χ4v) is 2.92. The second kappa shape index (κ2) is 7.32. The molecule has 0 unspecified atom stereocenters. The van der Waals surface area contributed by atoms with Crippen molar-refractivity contribution >= 4 is 28.9 Å². The molecule has 1 fully saturated rings. The molecule has 1 aliphatic heterocycles. The Balaban J connectivity index is 2.05. The van der Waals surface area contributed by atoms with E-state index in [0.717, 1.165) is 0 Å². The van der Waals surface area contributed by atoms with Crippen LogP contribution >= 0.6 is 11.8 Å². The summed E-state index contributed by atoms with van der Waals surface area (Å²) in [5.74, 6) is -0.466. The Morgan fingerprint density at radius 3 is 2.59 bits per heavy atom. The van der Waals surface area contributed by atoms with Gasteiger partial charge < -0.3 is 24.8 Å². The Kier molecular flexibility index (Phi) is 5.41. The van der Waals surface area contributed by atoms with Gasteiger partial charge in [-0.2, -0.15) is 4.98 Å². The largest absolute Gasteiger partial charge is 0.404 e. The number of ether oxygens (including phenoxy) is 2. The Bertz CT molecular complexity index is 851. The van der Waals surface area contributed by atoms with Crippen LogP contribution in [0, 0.1) is 5.41 Å². The van der Waals surface area contributed by atoms with E-state index >= 15 is 0 Å². The second-order valence-electron chi connectivity index (χ2n) is 7.21. The molecule has 27 heavy (non-hydrogen) atoms. The van der Waals surface area contributed by atoms with Crippen molar-refractivity contribution in [2.75, 3.05) is 12.9 Å². The van der Waals surface area contributed by atoms with E-state index in [0.29, 0.717) is 5.16 Å². The first-order valence-electron chi connectivity index (χ1n) is 8.30. The number of fused-ring (bicyclic) bond motifs is 1. The van der Waals surface area contributed by atoms with Gasteiger partial charge in [-0.1, -0.05) is 11.8 Å². The number of hydrogen-bond acceptors (Lipinski definition) is 10. The lowest BCUT2D eigenvalue weighted by Gasteiger charge is -2.17. The first kappa shape index (κ1) is 20.0. The van der Waals surface area contributed by atoms with E-state index < -0.39 is 42.5 Å². The summed E-state index contributed by atoms with van der Waals surface area (Å²) in [6, 6.07) is 0. The number of imidazole rings is 1. The zero-order valence-electron chi connectivity index (χ0n) is 15.4. The van der Waals surface area contributed by atoms with E-state index in [-0.39, 0.29) is 17.0 Å². The van der Waals surface area contributed by atoms with Gasteiger partial charge in [0.15, 0.2) is 22.5 Å². The van der Waals surface area contributed by atoms with Crippen LogP contribution in [0.15, 0.2) is 11.5 Å². The van der Waals surface area contributed by atoms with Crippen molar-refractivity contribution in [1.29, 1.82) is 0 Å². The van der Waals surface area contributed by atoms with Crippen molar-refractivity contribution in [3.8, 4) is 5.88 Å². The molecule has 2 aromatic heterocycles. The molecule has 0 aromatic carbocycles. The Morgan fingerprint density at radius 1 is 1.33 bits per heavy atom. The van der Waals surface area contributed by atoms with Crippen LogP contribution in [0.3, 0.4) is 0 Å². The number of esters is 1. The van der Waals surface area contributed by atoms with E-state index in [1.165, 1.54) is 22.7 Å². The van der Waals surface area contributed by atoms with Gasteiger partial charge >= 0.3 is 5.97 Å². The van der Waals surface area contributed by atoms with Crippen LogP contribution in [0.25, 0.3) is 11.2 Å². The number of hydrogen-bond donors (Lipinski definition) is 3. The lowest BCUT2D eigenvalue weighted by Crippen LogP contribution is -2.33. The van der Waals surface area contributed by atoms with Gasteiger partial charge in [-0.15, -0.1) is 0 Å². The third-order valence-electron chi connectivity index (χ3n) is 4.14. The highest BCUT2D eigenvalue weighted by molar-refractivity contribution is 7.98. The summed E-state index contributed by atoms with van der Waals surface area (Å²) in [6.45, 7) is 4.73. The predicted octanol–water partition coefficient (Wildman–Crippen LogP) is 0.111. The van der Waals surface area contributed by atoms with Crippen molar-refractivity contribution in [1.82, 2.24) is 19.5 Å². The summed E-state index contributed by atoms with van der Waals surface area (Å²) < 4.78 is 12.4. The van der Waals surface area contributed by atoms with Crippen molar-refractivity contribution < 1.29 is 29.6 Å². The minimum Gasteiger partial charge on any atom is -0.404 e. The number of aromatic nitrogens is 4. The molecule has 2 aromatic rings. The zero-order valence-corrected chi connectivity index (χ0v) is 16.2. The molecule has 11 heteroatoms. The molecule has 0 spiro atoms. The normalized spacial score (nSPS) is 25.9. The van der Waals surface area contributed by atoms with E-state index in [9.17, 15) is 20.1 Å². The predicted molar refractivity (Wildman–Crippen MR) is 95.2 cm³/mol. The average Bonchev–Trinajstić information content (AvgIpc) is 3.15. The molecule has 0 radical (unpaired) electrons. The highest BCUT2D eigenvalue weighted by Gasteiger charge is 2.44. The van der Waals surface area contributed by atoms with Gasteiger partial charge in [0.05, 0.1) is 18.3 Å². The molecule has 3 rings (SSSR count). The van der Waals surface area contributed by atoms with Crippen molar-refractivity contribution in [2.24, 2.45) is 5.41 Å². The van der Waals surface area contributed by atoms with Crippen molar-refractivity contribution in [3.63, 3.8) is 0 Å². The van der Waals surface area contributed by atoms with Crippen LogP contribution in [-0.4, -0.2) is 72.0 Å². The molecular formula is C16H22N4O6S. The maximum atomic E-state index is 12.3. The molecule has 4 atom stereocenters. The maximum Gasteiger partial charge on any atom is 0.318 e. The number of aliphatic hydroxyl groups is 3. The van der Waals surface area contributed by atoms with E-state index in [2.05, 4.69) is 15.0 Å².